The number of ether oxygens (including phenoxy) is 2. The van der Waals surface area contributed by atoms with E-state index in [4.69, 9.17) is 9.47 Å². The van der Waals surface area contributed by atoms with Gasteiger partial charge in [-0.1, -0.05) is 12.1 Å². The van der Waals surface area contributed by atoms with Crippen molar-refractivity contribution in [2.24, 2.45) is 0 Å². The zero-order chi connectivity index (χ0) is 54.4. The highest BCUT2D eigenvalue weighted by Gasteiger charge is 2.34. The number of hydrogen-bond donors (Lipinski definition) is 4. The third kappa shape index (κ3) is 13.8. The van der Waals surface area contributed by atoms with Gasteiger partial charge in [0, 0.05) is 48.0 Å². The molecule has 4 N–H and O–H groups in total. The molecule has 0 bridgehead atoms. The number of alkyl halides is 6. The third-order valence-electron chi connectivity index (χ3n) is 12.1. The number of hydrogen-bond acceptors (Lipinski definition) is 6. The summed E-state index contributed by atoms with van der Waals surface area (Å²) in [6.45, 7) is 2.22. The van der Waals surface area contributed by atoms with Crippen LogP contribution in [0.4, 0.5) is 50.9 Å². The van der Waals surface area contributed by atoms with Gasteiger partial charge >= 0.3 is 24.3 Å². The first-order valence-electron chi connectivity index (χ1n) is 23.1. The van der Waals surface area contributed by atoms with Gasteiger partial charge in [0.1, 0.15) is 42.2 Å². The van der Waals surface area contributed by atoms with Crippen LogP contribution in [0.3, 0.4) is 0 Å². The molecule has 2 aliphatic rings. The Bertz CT molecular complexity index is 3250. The summed E-state index contributed by atoms with van der Waals surface area (Å²) in [7, 11) is 0. The number of carbonyl (C=O) groups is 4. The smallest absolute Gasteiger partial charge is 0.416 e. The number of aromatic carboxylic acids is 2. The van der Waals surface area contributed by atoms with E-state index < -0.39 is 58.8 Å². The van der Waals surface area contributed by atoms with Crippen LogP contribution in [0.2, 0.25) is 0 Å². The minimum absolute atomic E-state index is 0.0163. The normalized spacial score (nSPS) is 13.5. The number of carbonyl (C=O) groups excluding carboxylic acids is 2. The van der Waals surface area contributed by atoms with E-state index in [0.717, 1.165) is 36.4 Å². The first kappa shape index (κ1) is 54.4. The zero-order valence-electron chi connectivity index (χ0n) is 39.9. The number of amides is 2. The summed E-state index contributed by atoms with van der Waals surface area (Å²) in [6.07, 6.45) is -6.21. The lowest BCUT2D eigenvalue weighted by Crippen LogP contribution is -2.08. The number of nitrogens with one attached hydrogen (secondary N) is 2. The van der Waals surface area contributed by atoms with Gasteiger partial charge in [-0.2, -0.15) is 26.3 Å². The van der Waals surface area contributed by atoms with Crippen molar-refractivity contribution in [3.63, 3.8) is 0 Å². The van der Waals surface area contributed by atoms with Gasteiger partial charge in [0.2, 0.25) is 11.8 Å². The Balaban J connectivity index is 0.000000219. The van der Waals surface area contributed by atoms with Crippen molar-refractivity contribution in [2.45, 2.75) is 77.9 Å². The van der Waals surface area contributed by atoms with Gasteiger partial charge in [-0.15, -0.1) is 0 Å². The second-order valence-electron chi connectivity index (χ2n) is 17.5. The lowest BCUT2D eigenvalue weighted by Gasteiger charge is -2.18. The predicted octanol–water partition coefficient (Wildman–Crippen LogP) is 14.5. The van der Waals surface area contributed by atoms with E-state index in [1.54, 1.807) is 12.1 Å². The zero-order valence-corrected chi connectivity index (χ0v) is 39.9. The fraction of sp³-hybridized carbons (Fsp3) is 0.214. The standard InChI is InChI=1S/C28H22F5NO4.C28H23F4NO4/c1-15(35)34-21-10-17(9-18(11-21)27(36)37)22-3-2-4-23(22)24-12-19(28(31,32)33)6-8-26(24)38-14-16-5-7-20(29)13-25(16)30;1-16(34)33-22-12-18(11-19(13-22)27(35)36)23-3-2-4-24(23)25-14-20(28(30,31)32)7-10-26(25)37-15-17-5-8-21(29)9-6-17/h5-13H,2-4,14H2,1H3,(H,34,35)(H,36,37);5-14H,2-4,15H2,1H3,(H,33,34)(H,35,36). The number of allylic oxidation sites excluding steroid dienone is 4. The molecule has 0 heterocycles. The van der Waals surface area contributed by atoms with E-state index in [2.05, 4.69) is 10.6 Å². The Labute approximate surface area is 423 Å². The first-order chi connectivity index (χ1) is 35.4. The molecule has 6 aromatic carbocycles. The fourth-order valence-electron chi connectivity index (χ4n) is 8.79. The van der Waals surface area contributed by atoms with Gasteiger partial charge < -0.3 is 30.3 Å². The molecular formula is C56H45F9N2O8. The molecule has 390 valence electrons. The number of benzene rings is 6. The van der Waals surface area contributed by atoms with E-state index in [-0.39, 0.29) is 69.8 Å². The Morgan fingerprint density at radius 1 is 0.507 bits per heavy atom. The van der Waals surface area contributed by atoms with Crippen molar-refractivity contribution < 1.29 is 78.4 Å². The summed E-state index contributed by atoms with van der Waals surface area (Å²) in [5.41, 5.74) is 3.00. The molecule has 2 amide bonds. The van der Waals surface area contributed by atoms with E-state index in [0.29, 0.717) is 83.6 Å². The van der Waals surface area contributed by atoms with Crippen molar-refractivity contribution in [1.82, 2.24) is 0 Å². The largest absolute Gasteiger partial charge is 0.488 e. The van der Waals surface area contributed by atoms with Crippen LogP contribution in [0.1, 0.15) is 118 Å². The van der Waals surface area contributed by atoms with Crippen LogP contribution in [-0.4, -0.2) is 34.0 Å². The molecule has 8 rings (SSSR count). The van der Waals surface area contributed by atoms with E-state index >= 15 is 0 Å². The number of carboxylic acid groups (broad SMARTS) is 2. The number of anilines is 2. The Morgan fingerprint density at radius 2 is 0.933 bits per heavy atom. The van der Waals surface area contributed by atoms with E-state index in [9.17, 15) is 68.9 Å². The molecule has 10 nitrogen and oxygen atoms in total. The van der Waals surface area contributed by atoms with Crippen LogP contribution < -0.4 is 20.1 Å². The molecule has 0 saturated heterocycles. The van der Waals surface area contributed by atoms with Crippen LogP contribution in [0.15, 0.2) is 115 Å². The van der Waals surface area contributed by atoms with Gasteiger partial charge in [0.05, 0.1) is 22.3 Å². The summed E-state index contributed by atoms with van der Waals surface area (Å²) < 4.78 is 134. The average Bonchev–Trinajstić information content (AvgIpc) is 4.04. The molecule has 2 aliphatic carbocycles. The van der Waals surface area contributed by atoms with Crippen molar-refractivity contribution in [3.05, 3.63) is 188 Å². The maximum atomic E-state index is 14.1. The van der Waals surface area contributed by atoms with Gasteiger partial charge in [-0.05, 0) is 175 Å². The molecule has 0 spiro atoms. The van der Waals surface area contributed by atoms with E-state index in [1.807, 2.05) is 0 Å². The lowest BCUT2D eigenvalue weighted by molar-refractivity contribution is -0.138. The van der Waals surface area contributed by atoms with Crippen molar-refractivity contribution in [2.75, 3.05) is 10.6 Å². The summed E-state index contributed by atoms with van der Waals surface area (Å²) >= 11 is 0. The first-order valence-corrected chi connectivity index (χ1v) is 23.1. The minimum Gasteiger partial charge on any atom is -0.488 e. The number of carboxylic acids is 2. The van der Waals surface area contributed by atoms with Crippen LogP contribution in [0, 0.1) is 17.5 Å². The number of halogens is 9. The molecule has 0 atom stereocenters. The summed E-state index contributed by atoms with van der Waals surface area (Å²) in [5, 5.41) is 24.2. The Kier molecular flexibility index (Phi) is 16.6. The van der Waals surface area contributed by atoms with Gasteiger partial charge in [0.25, 0.3) is 0 Å². The summed E-state index contributed by atoms with van der Waals surface area (Å²) in [5.74, 6) is -4.99. The number of rotatable bonds is 14. The average molecular weight is 1040 g/mol. The third-order valence-corrected chi connectivity index (χ3v) is 12.1. The lowest BCUT2D eigenvalue weighted by atomic mass is 9.93. The van der Waals surface area contributed by atoms with Crippen molar-refractivity contribution in [1.29, 1.82) is 0 Å². The topological polar surface area (TPSA) is 151 Å². The molecule has 0 aromatic heterocycles. The van der Waals surface area contributed by atoms with E-state index in [1.165, 1.54) is 74.5 Å². The molecule has 19 heteroatoms. The highest BCUT2D eigenvalue weighted by atomic mass is 19.4. The Hall–Kier alpha value is -8.35. The van der Waals surface area contributed by atoms with Gasteiger partial charge in [0.15, 0.2) is 0 Å². The van der Waals surface area contributed by atoms with Crippen molar-refractivity contribution in [3.8, 4) is 11.5 Å². The molecule has 6 aromatic rings. The fourth-order valence-corrected chi connectivity index (χ4v) is 8.79. The summed E-state index contributed by atoms with van der Waals surface area (Å²) in [6, 6.07) is 23.4. The molecule has 0 aliphatic heterocycles. The van der Waals surface area contributed by atoms with Gasteiger partial charge in [-0.25, -0.2) is 22.8 Å². The monoisotopic (exact) mass is 1040 g/mol. The second kappa shape index (κ2) is 22.8. The molecular weight excluding hydrogens is 1000 g/mol. The molecule has 75 heavy (non-hydrogen) atoms. The van der Waals surface area contributed by atoms with Gasteiger partial charge in [-0.3, -0.25) is 9.59 Å². The highest BCUT2D eigenvalue weighted by Crippen LogP contribution is 2.47. The van der Waals surface area contributed by atoms with Crippen LogP contribution in [0.5, 0.6) is 11.5 Å². The Morgan fingerprint density at radius 3 is 1.35 bits per heavy atom. The molecule has 0 unspecified atom stereocenters. The summed E-state index contributed by atoms with van der Waals surface area (Å²) in [4.78, 5) is 46.6. The SMILES string of the molecule is CC(=O)Nc1cc(C(=O)O)cc(C2=C(c3cc(C(F)(F)F)ccc3OCc3ccc(F)cc3)CCC2)c1.CC(=O)Nc1cc(C(=O)O)cc(C2=C(c3cc(C(F)(F)F)ccc3OCc3ccc(F)cc3F)CCC2)c1. The minimum atomic E-state index is -4.64. The highest BCUT2D eigenvalue weighted by molar-refractivity contribution is 6.01. The maximum absolute atomic E-state index is 14.1. The predicted molar refractivity (Wildman–Crippen MR) is 261 cm³/mol. The van der Waals surface area contributed by atoms with Crippen LogP contribution >= 0.6 is 0 Å². The van der Waals surface area contributed by atoms with Crippen molar-refractivity contribution >= 4 is 57.4 Å². The molecule has 0 radical (unpaired) electrons. The second-order valence-corrected chi connectivity index (χ2v) is 17.5. The quantitative estimate of drug-likeness (QED) is 0.0787. The molecule has 0 saturated carbocycles. The van der Waals surface area contributed by atoms with Crippen LogP contribution in [-0.2, 0) is 35.2 Å². The maximum Gasteiger partial charge on any atom is 0.416 e. The van der Waals surface area contributed by atoms with Crippen LogP contribution in [0.25, 0.3) is 22.3 Å². The molecule has 0 fully saturated rings.